The molecule has 2 N–H and O–H groups in total. The van der Waals surface area contributed by atoms with Crippen molar-refractivity contribution in [3.8, 4) is 0 Å². The van der Waals surface area contributed by atoms with Gasteiger partial charge in [0, 0.05) is 41.4 Å². The predicted molar refractivity (Wildman–Crippen MR) is 83.3 cm³/mol. The van der Waals surface area contributed by atoms with Crippen molar-refractivity contribution in [3.05, 3.63) is 23.9 Å². The Hall–Kier alpha value is -1.82. The molecular formula is C14H25N5O. The number of nitrogens with one attached hydrogen (secondary N) is 2. The second kappa shape index (κ2) is 9.14. The van der Waals surface area contributed by atoms with Gasteiger partial charge in [0.25, 0.3) is 0 Å². The molecule has 20 heavy (non-hydrogen) atoms. The van der Waals surface area contributed by atoms with E-state index in [0.717, 1.165) is 37.0 Å². The lowest BCUT2D eigenvalue weighted by Gasteiger charge is -2.14. The molecular weight excluding hydrogens is 254 g/mol. The van der Waals surface area contributed by atoms with Crippen molar-refractivity contribution in [1.82, 2.24) is 15.6 Å². The van der Waals surface area contributed by atoms with Gasteiger partial charge in [-0.3, -0.25) is 4.99 Å². The van der Waals surface area contributed by atoms with Gasteiger partial charge < -0.3 is 20.3 Å². The molecule has 0 aliphatic carbocycles. The number of ether oxygens (including phenoxy) is 1. The summed E-state index contributed by atoms with van der Waals surface area (Å²) in [6.07, 6.45) is 0.950. The number of rotatable bonds is 7. The molecule has 0 aliphatic heterocycles. The summed E-state index contributed by atoms with van der Waals surface area (Å²) in [7, 11) is 7.43. The fraction of sp³-hybridized carbons (Fsp3) is 0.571. The minimum atomic E-state index is 0.644. The van der Waals surface area contributed by atoms with Crippen LogP contribution in [0.25, 0.3) is 0 Å². The van der Waals surface area contributed by atoms with E-state index >= 15 is 0 Å². The SMILES string of the molecule is CN=C(NCCCOC)NCc1cccc(N(C)C)n1. The highest BCUT2D eigenvalue weighted by Crippen LogP contribution is 2.07. The van der Waals surface area contributed by atoms with E-state index in [1.54, 1.807) is 14.2 Å². The summed E-state index contributed by atoms with van der Waals surface area (Å²) in [6.45, 7) is 2.22. The highest BCUT2D eigenvalue weighted by atomic mass is 16.5. The van der Waals surface area contributed by atoms with Crippen molar-refractivity contribution in [2.24, 2.45) is 4.99 Å². The molecule has 6 heteroatoms. The van der Waals surface area contributed by atoms with Gasteiger partial charge in [0.05, 0.1) is 12.2 Å². The van der Waals surface area contributed by atoms with E-state index in [1.165, 1.54) is 0 Å². The smallest absolute Gasteiger partial charge is 0.191 e. The number of methoxy groups -OCH3 is 1. The van der Waals surface area contributed by atoms with E-state index in [1.807, 2.05) is 37.2 Å². The third kappa shape index (κ3) is 5.88. The molecule has 1 rings (SSSR count). The lowest BCUT2D eigenvalue weighted by molar-refractivity contribution is 0.195. The number of guanidine groups is 1. The molecule has 0 unspecified atom stereocenters. The molecule has 0 aliphatic rings. The summed E-state index contributed by atoms with van der Waals surface area (Å²) >= 11 is 0. The molecule has 1 aromatic rings. The average molecular weight is 279 g/mol. The van der Waals surface area contributed by atoms with Gasteiger partial charge in [0.15, 0.2) is 5.96 Å². The van der Waals surface area contributed by atoms with Crippen LogP contribution in [-0.2, 0) is 11.3 Å². The molecule has 0 bridgehead atoms. The molecule has 0 saturated carbocycles. The van der Waals surface area contributed by atoms with Gasteiger partial charge in [-0.2, -0.15) is 0 Å². The van der Waals surface area contributed by atoms with Crippen molar-refractivity contribution >= 4 is 11.8 Å². The number of pyridine rings is 1. The third-order valence-corrected chi connectivity index (χ3v) is 2.73. The first-order chi connectivity index (χ1) is 9.67. The minimum Gasteiger partial charge on any atom is -0.385 e. The zero-order chi connectivity index (χ0) is 14.8. The molecule has 0 spiro atoms. The number of hydrogen-bond acceptors (Lipinski definition) is 4. The third-order valence-electron chi connectivity index (χ3n) is 2.73. The minimum absolute atomic E-state index is 0.644. The van der Waals surface area contributed by atoms with E-state index < -0.39 is 0 Å². The van der Waals surface area contributed by atoms with E-state index in [0.29, 0.717) is 6.54 Å². The van der Waals surface area contributed by atoms with E-state index in [9.17, 15) is 0 Å². The van der Waals surface area contributed by atoms with Crippen LogP contribution < -0.4 is 15.5 Å². The van der Waals surface area contributed by atoms with Gasteiger partial charge in [-0.25, -0.2) is 4.98 Å². The number of anilines is 1. The van der Waals surface area contributed by atoms with Crippen LogP contribution >= 0.6 is 0 Å². The molecule has 6 nitrogen and oxygen atoms in total. The van der Waals surface area contributed by atoms with Crippen LogP contribution in [0.1, 0.15) is 12.1 Å². The Morgan fingerprint density at radius 1 is 1.35 bits per heavy atom. The highest BCUT2D eigenvalue weighted by Gasteiger charge is 2.01. The van der Waals surface area contributed by atoms with Crippen LogP contribution in [0.5, 0.6) is 0 Å². The average Bonchev–Trinajstić information content (AvgIpc) is 2.47. The van der Waals surface area contributed by atoms with Crippen LogP contribution in [0.15, 0.2) is 23.2 Å². The summed E-state index contributed by atoms with van der Waals surface area (Å²) in [5, 5.41) is 6.48. The van der Waals surface area contributed by atoms with Crippen molar-refractivity contribution in [1.29, 1.82) is 0 Å². The Morgan fingerprint density at radius 2 is 2.15 bits per heavy atom. The molecule has 112 valence electrons. The van der Waals surface area contributed by atoms with Crippen LogP contribution in [0.2, 0.25) is 0 Å². The zero-order valence-corrected chi connectivity index (χ0v) is 12.8. The maximum atomic E-state index is 5.01. The highest BCUT2D eigenvalue weighted by molar-refractivity contribution is 5.79. The van der Waals surface area contributed by atoms with E-state index in [4.69, 9.17) is 4.74 Å². The maximum absolute atomic E-state index is 5.01. The standard InChI is InChI=1S/C14H25N5O/c1-15-14(16-9-6-10-20-4)17-11-12-7-5-8-13(18-12)19(2)3/h5,7-8H,6,9-11H2,1-4H3,(H2,15,16,17). The van der Waals surface area contributed by atoms with Gasteiger partial charge >= 0.3 is 0 Å². The quantitative estimate of drug-likeness (QED) is 0.440. The molecule has 0 saturated heterocycles. The predicted octanol–water partition coefficient (Wildman–Crippen LogP) is 0.849. The Balaban J connectivity index is 2.42. The number of aliphatic imine (C=N–C) groups is 1. The fourth-order valence-electron chi connectivity index (χ4n) is 1.63. The Labute approximate surface area is 121 Å². The first-order valence-electron chi connectivity index (χ1n) is 6.74. The summed E-state index contributed by atoms with van der Waals surface area (Å²) in [6, 6.07) is 5.99. The number of hydrogen-bond donors (Lipinski definition) is 2. The first-order valence-corrected chi connectivity index (χ1v) is 6.74. The second-order valence-corrected chi connectivity index (χ2v) is 4.58. The summed E-state index contributed by atoms with van der Waals surface area (Å²) in [4.78, 5) is 10.7. The van der Waals surface area contributed by atoms with Crippen LogP contribution in [0, 0.1) is 0 Å². The Morgan fingerprint density at radius 3 is 2.80 bits per heavy atom. The van der Waals surface area contributed by atoms with Crippen LogP contribution in [0.4, 0.5) is 5.82 Å². The van der Waals surface area contributed by atoms with Crippen molar-refractivity contribution in [2.75, 3.05) is 46.3 Å². The van der Waals surface area contributed by atoms with Crippen LogP contribution in [-0.4, -0.2) is 52.3 Å². The molecule has 0 amide bonds. The monoisotopic (exact) mass is 279 g/mol. The molecule has 0 aromatic carbocycles. The van der Waals surface area contributed by atoms with Crippen molar-refractivity contribution < 1.29 is 4.74 Å². The largest absolute Gasteiger partial charge is 0.385 e. The van der Waals surface area contributed by atoms with E-state index in [2.05, 4.69) is 20.6 Å². The number of aromatic nitrogens is 1. The van der Waals surface area contributed by atoms with Crippen molar-refractivity contribution in [2.45, 2.75) is 13.0 Å². The molecule has 0 fully saturated rings. The van der Waals surface area contributed by atoms with E-state index in [-0.39, 0.29) is 0 Å². The van der Waals surface area contributed by atoms with Gasteiger partial charge in [-0.05, 0) is 18.6 Å². The van der Waals surface area contributed by atoms with Gasteiger partial charge in [0.2, 0.25) is 0 Å². The second-order valence-electron chi connectivity index (χ2n) is 4.58. The lowest BCUT2D eigenvalue weighted by atomic mass is 10.3. The van der Waals surface area contributed by atoms with Gasteiger partial charge in [-0.1, -0.05) is 6.07 Å². The van der Waals surface area contributed by atoms with Gasteiger partial charge in [0.1, 0.15) is 5.82 Å². The van der Waals surface area contributed by atoms with Crippen molar-refractivity contribution in [3.63, 3.8) is 0 Å². The van der Waals surface area contributed by atoms with Crippen LogP contribution in [0.3, 0.4) is 0 Å². The Bertz CT molecular complexity index is 420. The number of nitrogens with zero attached hydrogens (tertiary/aromatic N) is 3. The summed E-state index contributed by atoms with van der Waals surface area (Å²) in [5.74, 6) is 1.73. The summed E-state index contributed by atoms with van der Waals surface area (Å²) < 4.78 is 5.01. The van der Waals surface area contributed by atoms with Gasteiger partial charge in [-0.15, -0.1) is 0 Å². The maximum Gasteiger partial charge on any atom is 0.191 e. The topological polar surface area (TPSA) is 61.8 Å². The summed E-state index contributed by atoms with van der Waals surface area (Å²) in [5.41, 5.74) is 0.982. The Kier molecular flexibility index (Phi) is 7.42. The fourth-order valence-corrected chi connectivity index (χ4v) is 1.63. The normalized spacial score (nSPS) is 11.3. The first kappa shape index (κ1) is 16.2. The molecule has 0 atom stereocenters. The molecule has 1 heterocycles. The molecule has 1 aromatic heterocycles. The molecule has 0 radical (unpaired) electrons. The zero-order valence-electron chi connectivity index (χ0n) is 12.8. The lowest BCUT2D eigenvalue weighted by Crippen LogP contribution is -2.37.